The van der Waals surface area contributed by atoms with Gasteiger partial charge in [0.25, 0.3) is 11.8 Å². The summed E-state index contributed by atoms with van der Waals surface area (Å²) in [5.41, 5.74) is 3.33. The van der Waals surface area contributed by atoms with Crippen LogP contribution in [0.2, 0.25) is 0 Å². The van der Waals surface area contributed by atoms with Crippen LogP contribution in [0.25, 0.3) is 5.69 Å². The number of hydrogen-bond donors (Lipinski definition) is 2. The zero-order valence-electron chi connectivity index (χ0n) is 18.0. The van der Waals surface area contributed by atoms with Gasteiger partial charge in [-0.05, 0) is 49.9 Å². The molecule has 3 aromatic rings. The third kappa shape index (κ3) is 5.41. The van der Waals surface area contributed by atoms with Gasteiger partial charge in [0.05, 0.1) is 17.4 Å². The molecule has 162 valence electrons. The number of aromatic nitrogens is 3. The SMILES string of the molecule is CCNC(=O)c1ccc(-n2cc(C(=O)NC3CC3)nn2)c(C#CCCc2ccccc2)c1. The van der Waals surface area contributed by atoms with Crippen LogP contribution >= 0.6 is 0 Å². The highest BCUT2D eigenvalue weighted by atomic mass is 16.2. The van der Waals surface area contributed by atoms with Crippen LogP contribution in [0.5, 0.6) is 0 Å². The molecule has 0 saturated heterocycles. The van der Waals surface area contributed by atoms with Crippen LogP contribution in [0, 0.1) is 11.8 Å². The summed E-state index contributed by atoms with van der Waals surface area (Å²) in [5.74, 6) is 5.99. The van der Waals surface area contributed by atoms with Gasteiger partial charge < -0.3 is 10.6 Å². The molecule has 1 aromatic heterocycles. The summed E-state index contributed by atoms with van der Waals surface area (Å²) in [5, 5.41) is 13.8. The van der Waals surface area contributed by atoms with Crippen LogP contribution in [0.15, 0.2) is 54.7 Å². The second-order valence-electron chi connectivity index (χ2n) is 7.67. The third-order valence-corrected chi connectivity index (χ3v) is 5.09. The average Bonchev–Trinajstić information content (AvgIpc) is 3.49. The summed E-state index contributed by atoms with van der Waals surface area (Å²) < 4.78 is 1.53. The van der Waals surface area contributed by atoms with Gasteiger partial charge >= 0.3 is 0 Å². The fourth-order valence-corrected chi connectivity index (χ4v) is 3.22. The monoisotopic (exact) mass is 427 g/mol. The van der Waals surface area contributed by atoms with E-state index in [0.29, 0.717) is 29.8 Å². The summed E-state index contributed by atoms with van der Waals surface area (Å²) in [6, 6.07) is 15.7. The van der Waals surface area contributed by atoms with Crippen LogP contribution in [-0.2, 0) is 6.42 Å². The topological polar surface area (TPSA) is 88.9 Å². The van der Waals surface area contributed by atoms with Gasteiger partial charge in [-0.2, -0.15) is 0 Å². The molecule has 1 fully saturated rings. The van der Waals surface area contributed by atoms with E-state index in [0.717, 1.165) is 19.3 Å². The first-order chi connectivity index (χ1) is 15.6. The van der Waals surface area contributed by atoms with Gasteiger partial charge in [0.2, 0.25) is 0 Å². The third-order valence-electron chi connectivity index (χ3n) is 5.09. The second-order valence-corrected chi connectivity index (χ2v) is 7.67. The molecule has 0 atom stereocenters. The highest BCUT2D eigenvalue weighted by molar-refractivity contribution is 5.95. The minimum atomic E-state index is -0.229. The maximum Gasteiger partial charge on any atom is 0.273 e. The standard InChI is InChI=1S/C25H25N5O2/c1-2-26-24(31)20-12-15-23(30-17-22(28-29-30)25(32)27-21-13-14-21)19(16-20)11-7-6-10-18-8-4-3-5-9-18/h3-5,8-9,12,15-17,21H,2,6,10,13-14H2,1H3,(H,26,31)(H,27,32). The molecule has 0 spiro atoms. The minimum absolute atomic E-state index is 0.158. The Bertz CT molecular complexity index is 1170. The predicted octanol–water partition coefficient (Wildman–Crippen LogP) is 2.89. The molecule has 4 rings (SSSR count). The Kier molecular flexibility index (Phi) is 6.61. The first-order valence-corrected chi connectivity index (χ1v) is 10.8. The Morgan fingerprint density at radius 2 is 1.94 bits per heavy atom. The van der Waals surface area contributed by atoms with E-state index in [1.807, 2.05) is 25.1 Å². The zero-order valence-corrected chi connectivity index (χ0v) is 18.0. The molecule has 2 amide bonds. The smallest absolute Gasteiger partial charge is 0.273 e. The van der Waals surface area contributed by atoms with Crippen LogP contribution in [0.1, 0.15) is 58.2 Å². The number of hydrogen-bond acceptors (Lipinski definition) is 4. The lowest BCUT2D eigenvalue weighted by atomic mass is 10.1. The van der Waals surface area contributed by atoms with Crippen molar-refractivity contribution < 1.29 is 9.59 Å². The highest BCUT2D eigenvalue weighted by Gasteiger charge is 2.25. The van der Waals surface area contributed by atoms with Gasteiger partial charge in [0.1, 0.15) is 0 Å². The van der Waals surface area contributed by atoms with Crippen molar-refractivity contribution in [3.63, 3.8) is 0 Å². The molecule has 0 radical (unpaired) electrons. The Labute approximate surface area is 187 Å². The molecular weight excluding hydrogens is 402 g/mol. The lowest BCUT2D eigenvalue weighted by Crippen LogP contribution is -2.25. The Morgan fingerprint density at radius 1 is 1.12 bits per heavy atom. The molecule has 2 N–H and O–H groups in total. The molecule has 1 aliphatic rings. The van der Waals surface area contributed by atoms with Crippen molar-refractivity contribution in [2.75, 3.05) is 6.54 Å². The second kappa shape index (κ2) is 9.92. The van der Waals surface area contributed by atoms with Crippen molar-refractivity contribution in [3.05, 3.63) is 77.1 Å². The first-order valence-electron chi connectivity index (χ1n) is 10.8. The maximum atomic E-state index is 12.3. The lowest BCUT2D eigenvalue weighted by molar-refractivity contribution is 0.0941. The molecule has 32 heavy (non-hydrogen) atoms. The number of carbonyl (C=O) groups excluding carboxylic acids is 2. The molecule has 7 heteroatoms. The quantitative estimate of drug-likeness (QED) is 0.568. The summed E-state index contributed by atoms with van der Waals surface area (Å²) in [6.07, 6.45) is 5.12. The van der Waals surface area contributed by atoms with Gasteiger partial charge in [-0.25, -0.2) is 4.68 Å². The van der Waals surface area contributed by atoms with Gasteiger partial charge in [0.15, 0.2) is 5.69 Å². The maximum absolute atomic E-state index is 12.3. The number of carbonyl (C=O) groups is 2. The van der Waals surface area contributed by atoms with Gasteiger partial charge in [-0.1, -0.05) is 47.4 Å². The number of amides is 2. The molecule has 1 heterocycles. The fourth-order valence-electron chi connectivity index (χ4n) is 3.22. The van der Waals surface area contributed by atoms with Gasteiger partial charge in [0, 0.05) is 24.6 Å². The molecule has 0 unspecified atom stereocenters. The molecule has 2 aromatic carbocycles. The molecule has 0 bridgehead atoms. The Morgan fingerprint density at radius 3 is 2.69 bits per heavy atom. The van der Waals surface area contributed by atoms with Crippen molar-refractivity contribution in [1.29, 1.82) is 0 Å². The zero-order chi connectivity index (χ0) is 22.3. The Balaban J connectivity index is 1.58. The number of nitrogens with zero attached hydrogens (tertiary/aromatic N) is 3. The number of benzene rings is 2. The van der Waals surface area contributed by atoms with E-state index in [-0.39, 0.29) is 23.6 Å². The van der Waals surface area contributed by atoms with Gasteiger partial charge in [-0.15, -0.1) is 5.10 Å². The summed E-state index contributed by atoms with van der Waals surface area (Å²) in [6.45, 7) is 2.42. The molecule has 1 saturated carbocycles. The van der Waals surface area contributed by atoms with E-state index in [4.69, 9.17) is 0 Å². The normalized spacial score (nSPS) is 12.5. The number of nitrogens with one attached hydrogen (secondary N) is 2. The summed E-state index contributed by atoms with van der Waals surface area (Å²) in [4.78, 5) is 24.6. The molecular formula is C25H25N5O2. The largest absolute Gasteiger partial charge is 0.352 e. The summed E-state index contributed by atoms with van der Waals surface area (Å²) >= 11 is 0. The fraction of sp³-hybridized carbons (Fsp3) is 0.280. The van der Waals surface area contributed by atoms with Crippen LogP contribution in [-0.4, -0.2) is 39.4 Å². The van der Waals surface area contributed by atoms with E-state index < -0.39 is 0 Å². The molecule has 0 aliphatic heterocycles. The predicted molar refractivity (Wildman–Crippen MR) is 121 cm³/mol. The number of rotatable bonds is 7. The number of aryl methyl sites for hydroxylation is 1. The highest BCUT2D eigenvalue weighted by Crippen LogP contribution is 2.20. The van der Waals surface area contributed by atoms with Crippen molar-refractivity contribution in [1.82, 2.24) is 25.6 Å². The summed E-state index contributed by atoms with van der Waals surface area (Å²) in [7, 11) is 0. The van der Waals surface area contributed by atoms with Crippen molar-refractivity contribution in [2.45, 2.75) is 38.6 Å². The minimum Gasteiger partial charge on any atom is -0.352 e. The van der Waals surface area contributed by atoms with E-state index in [1.165, 1.54) is 10.2 Å². The van der Waals surface area contributed by atoms with Crippen molar-refractivity contribution in [3.8, 4) is 17.5 Å². The van der Waals surface area contributed by atoms with Crippen molar-refractivity contribution in [2.24, 2.45) is 0 Å². The van der Waals surface area contributed by atoms with Crippen LogP contribution in [0.3, 0.4) is 0 Å². The molecule has 7 nitrogen and oxygen atoms in total. The average molecular weight is 428 g/mol. The lowest BCUT2D eigenvalue weighted by Gasteiger charge is -2.07. The van der Waals surface area contributed by atoms with Gasteiger partial charge in [-0.3, -0.25) is 9.59 Å². The van der Waals surface area contributed by atoms with Crippen LogP contribution < -0.4 is 10.6 Å². The van der Waals surface area contributed by atoms with Crippen molar-refractivity contribution >= 4 is 11.8 Å². The van der Waals surface area contributed by atoms with E-state index in [1.54, 1.807) is 24.4 Å². The van der Waals surface area contributed by atoms with E-state index in [2.05, 4.69) is 44.9 Å². The first kappa shape index (κ1) is 21.3. The van der Waals surface area contributed by atoms with E-state index in [9.17, 15) is 9.59 Å². The molecule has 1 aliphatic carbocycles. The Hall–Kier alpha value is -3.92. The van der Waals surface area contributed by atoms with Crippen LogP contribution in [0.4, 0.5) is 0 Å². The van der Waals surface area contributed by atoms with E-state index >= 15 is 0 Å².